The molecule has 0 aromatic heterocycles. The van der Waals surface area contributed by atoms with Crippen LogP contribution in [-0.4, -0.2) is 6.54 Å². The molecule has 0 saturated heterocycles. The molecule has 106 valence electrons. The fourth-order valence-electron chi connectivity index (χ4n) is 1.83. The minimum Gasteiger partial charge on any atom is -0.454 e. The Bertz CT molecular complexity index is 537. The van der Waals surface area contributed by atoms with Crippen molar-refractivity contribution in [3.8, 4) is 11.5 Å². The Balaban J connectivity index is 1.93. The van der Waals surface area contributed by atoms with E-state index in [0.717, 1.165) is 13.1 Å². The highest BCUT2D eigenvalue weighted by Crippen LogP contribution is 2.24. The van der Waals surface area contributed by atoms with E-state index < -0.39 is 0 Å². The molecular formula is C17H20FNO. The van der Waals surface area contributed by atoms with Gasteiger partial charge >= 0.3 is 0 Å². The molecule has 0 aliphatic rings. The van der Waals surface area contributed by atoms with Gasteiger partial charge in [-0.2, -0.15) is 0 Å². The highest BCUT2D eigenvalue weighted by Gasteiger charge is 2.03. The van der Waals surface area contributed by atoms with E-state index in [-0.39, 0.29) is 11.6 Å². The third-order valence-corrected chi connectivity index (χ3v) is 2.87. The first-order chi connectivity index (χ1) is 9.65. The molecule has 2 aromatic rings. The van der Waals surface area contributed by atoms with Gasteiger partial charge in [-0.05, 0) is 42.3 Å². The van der Waals surface area contributed by atoms with Crippen LogP contribution in [0.3, 0.4) is 0 Å². The second-order valence-corrected chi connectivity index (χ2v) is 5.20. The molecule has 2 nitrogen and oxygen atoms in total. The molecule has 0 aliphatic heterocycles. The normalized spacial score (nSPS) is 10.8. The zero-order valence-corrected chi connectivity index (χ0v) is 11.9. The van der Waals surface area contributed by atoms with Gasteiger partial charge in [0, 0.05) is 6.54 Å². The maximum absolute atomic E-state index is 13.5. The van der Waals surface area contributed by atoms with E-state index in [9.17, 15) is 4.39 Å². The van der Waals surface area contributed by atoms with Gasteiger partial charge in [-0.3, -0.25) is 0 Å². The second kappa shape index (κ2) is 7.06. The summed E-state index contributed by atoms with van der Waals surface area (Å²) in [7, 11) is 0. The van der Waals surface area contributed by atoms with Gasteiger partial charge in [0.25, 0.3) is 0 Å². The lowest BCUT2D eigenvalue weighted by molar-refractivity contribution is 0.442. The van der Waals surface area contributed by atoms with Crippen molar-refractivity contribution in [1.29, 1.82) is 0 Å². The summed E-state index contributed by atoms with van der Waals surface area (Å²) in [5.41, 5.74) is 1.19. The van der Waals surface area contributed by atoms with E-state index in [1.165, 1.54) is 11.6 Å². The molecule has 0 heterocycles. The first-order valence-electron chi connectivity index (χ1n) is 6.87. The van der Waals surface area contributed by atoms with Crippen molar-refractivity contribution < 1.29 is 9.13 Å². The smallest absolute Gasteiger partial charge is 0.165 e. The van der Waals surface area contributed by atoms with Crippen molar-refractivity contribution in [3.05, 3.63) is 59.9 Å². The molecule has 2 rings (SSSR count). The molecule has 0 fully saturated rings. The Kier molecular flexibility index (Phi) is 5.13. The molecule has 2 aromatic carbocycles. The van der Waals surface area contributed by atoms with Crippen LogP contribution in [0, 0.1) is 11.7 Å². The Morgan fingerprint density at radius 1 is 1.05 bits per heavy atom. The van der Waals surface area contributed by atoms with E-state index in [1.54, 1.807) is 18.2 Å². The Morgan fingerprint density at radius 3 is 2.40 bits per heavy atom. The summed E-state index contributed by atoms with van der Waals surface area (Å²) in [6, 6.07) is 14.1. The van der Waals surface area contributed by atoms with Crippen molar-refractivity contribution in [3.63, 3.8) is 0 Å². The summed E-state index contributed by atoms with van der Waals surface area (Å²) < 4.78 is 19.0. The zero-order chi connectivity index (χ0) is 14.4. The average molecular weight is 273 g/mol. The summed E-state index contributed by atoms with van der Waals surface area (Å²) >= 11 is 0. The largest absolute Gasteiger partial charge is 0.454 e. The van der Waals surface area contributed by atoms with Crippen molar-refractivity contribution in [1.82, 2.24) is 5.32 Å². The lowest BCUT2D eigenvalue weighted by Gasteiger charge is -2.09. The van der Waals surface area contributed by atoms with Crippen LogP contribution in [0.25, 0.3) is 0 Å². The lowest BCUT2D eigenvalue weighted by Crippen LogP contribution is -2.18. The molecule has 0 amide bonds. The minimum atomic E-state index is -0.352. The fourth-order valence-corrected chi connectivity index (χ4v) is 1.83. The summed E-state index contributed by atoms with van der Waals surface area (Å²) in [6.07, 6.45) is 0. The van der Waals surface area contributed by atoms with Crippen molar-refractivity contribution >= 4 is 0 Å². The molecule has 3 heteroatoms. The summed E-state index contributed by atoms with van der Waals surface area (Å²) in [6.45, 7) is 6.18. The first kappa shape index (κ1) is 14.5. The number of hydrogen-bond acceptors (Lipinski definition) is 2. The number of halogens is 1. The number of hydrogen-bond donors (Lipinski definition) is 1. The van der Waals surface area contributed by atoms with E-state index in [2.05, 4.69) is 19.2 Å². The van der Waals surface area contributed by atoms with Crippen LogP contribution in [0.4, 0.5) is 4.39 Å². The Morgan fingerprint density at radius 2 is 1.75 bits per heavy atom. The maximum Gasteiger partial charge on any atom is 0.165 e. The first-order valence-corrected chi connectivity index (χ1v) is 6.87. The predicted molar refractivity (Wildman–Crippen MR) is 79.5 cm³/mol. The zero-order valence-electron chi connectivity index (χ0n) is 11.9. The highest BCUT2D eigenvalue weighted by atomic mass is 19.1. The number of para-hydroxylation sites is 1. The van der Waals surface area contributed by atoms with Crippen LogP contribution in [0.15, 0.2) is 48.5 Å². The van der Waals surface area contributed by atoms with Gasteiger partial charge in [0.1, 0.15) is 5.75 Å². The van der Waals surface area contributed by atoms with Gasteiger partial charge in [0.05, 0.1) is 0 Å². The van der Waals surface area contributed by atoms with Gasteiger partial charge < -0.3 is 10.1 Å². The van der Waals surface area contributed by atoms with Gasteiger partial charge in [0.2, 0.25) is 0 Å². The predicted octanol–water partition coefficient (Wildman–Crippen LogP) is 4.36. The molecule has 0 atom stereocenters. The number of nitrogens with one attached hydrogen (secondary N) is 1. The van der Waals surface area contributed by atoms with Crippen LogP contribution in [0.1, 0.15) is 19.4 Å². The summed E-state index contributed by atoms with van der Waals surface area (Å²) in [5, 5.41) is 3.38. The summed E-state index contributed by atoms with van der Waals surface area (Å²) in [4.78, 5) is 0. The van der Waals surface area contributed by atoms with Crippen molar-refractivity contribution in [2.24, 2.45) is 5.92 Å². The van der Waals surface area contributed by atoms with Crippen LogP contribution < -0.4 is 10.1 Å². The standard InChI is InChI=1S/C17H20FNO/c1-13(2)11-19-12-14-7-9-15(10-8-14)20-17-6-4-3-5-16(17)18/h3-10,13,19H,11-12H2,1-2H3. The molecule has 0 unspecified atom stereocenters. The topological polar surface area (TPSA) is 21.3 Å². The van der Waals surface area contributed by atoms with Gasteiger partial charge in [0.15, 0.2) is 11.6 Å². The van der Waals surface area contributed by atoms with Gasteiger partial charge in [-0.1, -0.05) is 38.1 Å². The number of ether oxygens (including phenoxy) is 1. The molecule has 0 saturated carbocycles. The monoisotopic (exact) mass is 273 g/mol. The second-order valence-electron chi connectivity index (χ2n) is 5.20. The molecule has 0 aliphatic carbocycles. The quantitative estimate of drug-likeness (QED) is 0.844. The molecule has 0 bridgehead atoms. The lowest BCUT2D eigenvalue weighted by atomic mass is 10.2. The van der Waals surface area contributed by atoms with Crippen molar-refractivity contribution in [2.75, 3.05) is 6.54 Å². The van der Waals surface area contributed by atoms with E-state index in [4.69, 9.17) is 4.74 Å². The SMILES string of the molecule is CC(C)CNCc1ccc(Oc2ccccc2F)cc1. The highest BCUT2D eigenvalue weighted by molar-refractivity contribution is 5.33. The van der Waals surface area contributed by atoms with Crippen molar-refractivity contribution in [2.45, 2.75) is 20.4 Å². The van der Waals surface area contributed by atoms with E-state index in [0.29, 0.717) is 11.7 Å². The molecule has 1 N–H and O–H groups in total. The third-order valence-electron chi connectivity index (χ3n) is 2.87. The summed E-state index contributed by atoms with van der Waals surface area (Å²) in [5.74, 6) is 1.18. The minimum absolute atomic E-state index is 0.248. The Hall–Kier alpha value is -1.87. The Labute approximate surface area is 119 Å². The number of benzene rings is 2. The maximum atomic E-state index is 13.5. The molecule has 0 spiro atoms. The van der Waals surface area contributed by atoms with Crippen LogP contribution in [-0.2, 0) is 6.54 Å². The third kappa shape index (κ3) is 4.35. The fraction of sp³-hybridized carbons (Fsp3) is 0.294. The number of rotatable bonds is 6. The van der Waals surface area contributed by atoms with Gasteiger partial charge in [-0.25, -0.2) is 4.39 Å². The van der Waals surface area contributed by atoms with Gasteiger partial charge in [-0.15, -0.1) is 0 Å². The van der Waals surface area contributed by atoms with Crippen LogP contribution >= 0.6 is 0 Å². The molecule has 20 heavy (non-hydrogen) atoms. The van der Waals surface area contributed by atoms with Crippen LogP contribution in [0.5, 0.6) is 11.5 Å². The molecular weight excluding hydrogens is 253 g/mol. The molecule has 0 radical (unpaired) electrons. The average Bonchev–Trinajstić information content (AvgIpc) is 2.43. The van der Waals surface area contributed by atoms with E-state index in [1.807, 2.05) is 24.3 Å². The van der Waals surface area contributed by atoms with E-state index >= 15 is 0 Å². The van der Waals surface area contributed by atoms with Crippen LogP contribution in [0.2, 0.25) is 0 Å².